The van der Waals surface area contributed by atoms with E-state index in [0.717, 1.165) is 18.5 Å². The van der Waals surface area contributed by atoms with E-state index in [1.54, 1.807) is 18.1 Å². The molecular formula is C19H24N4O2. The van der Waals surface area contributed by atoms with E-state index >= 15 is 0 Å². The molecule has 1 aliphatic heterocycles. The van der Waals surface area contributed by atoms with Crippen molar-refractivity contribution in [3.05, 3.63) is 54.4 Å². The second-order valence-electron chi connectivity index (χ2n) is 6.42. The van der Waals surface area contributed by atoms with Gasteiger partial charge in [-0.2, -0.15) is 5.10 Å². The van der Waals surface area contributed by atoms with Gasteiger partial charge in [0.15, 0.2) is 0 Å². The molecule has 1 aliphatic rings. The van der Waals surface area contributed by atoms with Crippen LogP contribution in [0.2, 0.25) is 0 Å². The molecule has 2 atom stereocenters. The molecule has 2 amide bonds. The van der Waals surface area contributed by atoms with E-state index < -0.39 is 0 Å². The number of nitrogens with one attached hydrogen (secondary N) is 1. The molecule has 1 N–H and O–H groups in total. The lowest BCUT2D eigenvalue weighted by Gasteiger charge is -2.38. The first-order valence-corrected chi connectivity index (χ1v) is 8.72. The van der Waals surface area contributed by atoms with Crippen LogP contribution in [0.1, 0.15) is 30.9 Å². The number of aromatic nitrogens is 2. The van der Waals surface area contributed by atoms with Crippen LogP contribution in [-0.4, -0.2) is 40.1 Å². The lowest BCUT2D eigenvalue weighted by molar-refractivity contribution is -0.141. The minimum Gasteiger partial charge on any atom is -0.356 e. The summed E-state index contributed by atoms with van der Waals surface area (Å²) in [7, 11) is 1.79. The van der Waals surface area contributed by atoms with Gasteiger partial charge >= 0.3 is 0 Å². The molecule has 6 heteroatoms. The van der Waals surface area contributed by atoms with Crippen molar-refractivity contribution in [3.63, 3.8) is 0 Å². The number of piperidine rings is 1. The van der Waals surface area contributed by atoms with E-state index in [-0.39, 0.29) is 23.8 Å². The highest BCUT2D eigenvalue weighted by molar-refractivity contribution is 5.84. The van der Waals surface area contributed by atoms with Crippen LogP contribution < -0.4 is 5.32 Å². The molecule has 1 fully saturated rings. The molecule has 0 bridgehead atoms. The number of likely N-dealkylation sites (tertiary alicyclic amines) is 1. The van der Waals surface area contributed by atoms with Gasteiger partial charge in [-0.15, -0.1) is 0 Å². The number of hydrogen-bond donors (Lipinski definition) is 1. The number of nitrogens with zero attached hydrogens (tertiary/aromatic N) is 3. The second kappa shape index (κ2) is 7.96. The molecule has 2 aromatic rings. The summed E-state index contributed by atoms with van der Waals surface area (Å²) in [5.74, 6) is -0.0972. The molecule has 0 radical (unpaired) electrons. The molecule has 0 spiro atoms. The van der Waals surface area contributed by atoms with Crippen LogP contribution in [0.4, 0.5) is 0 Å². The molecule has 1 aromatic carbocycles. The first kappa shape index (κ1) is 17.2. The Morgan fingerprint density at radius 1 is 1.28 bits per heavy atom. The topological polar surface area (TPSA) is 67.2 Å². The Bertz CT molecular complexity index is 699. The zero-order chi connectivity index (χ0) is 17.6. The summed E-state index contributed by atoms with van der Waals surface area (Å²) in [5.41, 5.74) is 1.01. The minimum absolute atomic E-state index is 0.0219. The van der Waals surface area contributed by atoms with Crippen molar-refractivity contribution in [3.8, 4) is 0 Å². The maximum absolute atomic E-state index is 12.7. The predicted octanol–water partition coefficient (Wildman–Crippen LogP) is 2.00. The van der Waals surface area contributed by atoms with E-state index in [2.05, 4.69) is 10.4 Å². The van der Waals surface area contributed by atoms with Crippen molar-refractivity contribution < 1.29 is 9.59 Å². The first-order chi connectivity index (χ1) is 12.2. The second-order valence-corrected chi connectivity index (χ2v) is 6.42. The zero-order valence-corrected chi connectivity index (χ0v) is 14.5. The van der Waals surface area contributed by atoms with Crippen LogP contribution >= 0.6 is 0 Å². The number of aryl methyl sites for hydroxylation is 1. The highest BCUT2D eigenvalue weighted by Gasteiger charge is 2.38. The number of benzene rings is 1. The van der Waals surface area contributed by atoms with Crippen LogP contribution in [0.15, 0.2) is 48.8 Å². The number of carbonyl (C=O) groups excluding carboxylic acids is 2. The fourth-order valence-electron chi connectivity index (χ4n) is 3.44. The van der Waals surface area contributed by atoms with Gasteiger partial charge < -0.3 is 10.2 Å². The summed E-state index contributed by atoms with van der Waals surface area (Å²) in [6.45, 7) is 1.38. The van der Waals surface area contributed by atoms with Crippen LogP contribution in [0.25, 0.3) is 0 Å². The Balaban J connectivity index is 1.61. The Hall–Kier alpha value is -2.63. The third-order valence-electron chi connectivity index (χ3n) is 4.76. The Labute approximate surface area is 147 Å². The summed E-state index contributed by atoms with van der Waals surface area (Å²) in [5, 5.41) is 7.18. The molecule has 2 heterocycles. The van der Waals surface area contributed by atoms with Gasteiger partial charge in [0.05, 0.1) is 12.0 Å². The van der Waals surface area contributed by atoms with Gasteiger partial charge in [-0.1, -0.05) is 30.3 Å². The van der Waals surface area contributed by atoms with E-state index in [1.165, 1.54) is 0 Å². The normalized spacial score (nSPS) is 20.5. The molecular weight excluding hydrogens is 316 g/mol. The van der Waals surface area contributed by atoms with E-state index in [9.17, 15) is 9.59 Å². The van der Waals surface area contributed by atoms with Gasteiger partial charge in [0.25, 0.3) is 0 Å². The Kier molecular flexibility index (Phi) is 5.48. The standard InChI is InChI=1S/C19H24N4O2/c1-22-17(24)10-9-16(18(22)15-7-3-2-4-8-15)19(25)20-11-5-13-23-14-6-12-21-23/h2-4,6-8,12,14,16,18H,5,9-11,13H2,1H3,(H,20,25)/t16-,18-/m1/s1. The average molecular weight is 340 g/mol. The molecule has 3 rings (SSSR count). The summed E-state index contributed by atoms with van der Waals surface area (Å²) >= 11 is 0. The maximum atomic E-state index is 12.7. The van der Waals surface area contributed by atoms with Gasteiger partial charge in [0, 0.05) is 39.0 Å². The van der Waals surface area contributed by atoms with Crippen molar-refractivity contribution in [2.24, 2.45) is 5.92 Å². The average Bonchev–Trinajstić information content (AvgIpc) is 3.15. The monoisotopic (exact) mass is 340 g/mol. The van der Waals surface area contributed by atoms with Crippen molar-refractivity contribution in [1.29, 1.82) is 0 Å². The fourth-order valence-corrected chi connectivity index (χ4v) is 3.44. The predicted molar refractivity (Wildman–Crippen MR) is 94.5 cm³/mol. The van der Waals surface area contributed by atoms with Crippen LogP contribution in [-0.2, 0) is 16.1 Å². The minimum atomic E-state index is -0.213. The molecule has 1 saturated heterocycles. The largest absolute Gasteiger partial charge is 0.356 e. The number of hydrogen-bond acceptors (Lipinski definition) is 3. The van der Waals surface area contributed by atoms with Gasteiger partial charge in [-0.05, 0) is 24.5 Å². The van der Waals surface area contributed by atoms with Gasteiger partial charge in [-0.3, -0.25) is 14.3 Å². The van der Waals surface area contributed by atoms with E-state index in [0.29, 0.717) is 19.4 Å². The van der Waals surface area contributed by atoms with Crippen molar-refractivity contribution in [2.45, 2.75) is 31.8 Å². The van der Waals surface area contributed by atoms with E-state index in [1.807, 2.05) is 47.3 Å². The number of amides is 2. The molecule has 1 aromatic heterocycles. The molecule has 0 aliphatic carbocycles. The quantitative estimate of drug-likeness (QED) is 0.818. The van der Waals surface area contributed by atoms with Gasteiger partial charge in [0.1, 0.15) is 0 Å². The van der Waals surface area contributed by atoms with Gasteiger partial charge in [0.2, 0.25) is 11.8 Å². The highest BCUT2D eigenvalue weighted by atomic mass is 16.2. The molecule has 0 saturated carbocycles. The smallest absolute Gasteiger partial charge is 0.225 e. The highest BCUT2D eigenvalue weighted by Crippen LogP contribution is 2.35. The van der Waals surface area contributed by atoms with Gasteiger partial charge in [-0.25, -0.2) is 0 Å². The molecule has 25 heavy (non-hydrogen) atoms. The number of carbonyl (C=O) groups is 2. The SMILES string of the molecule is CN1C(=O)CC[C@@H](C(=O)NCCCn2cccn2)[C@H]1c1ccccc1. The summed E-state index contributed by atoms with van der Waals surface area (Å²) in [6, 6.07) is 11.5. The summed E-state index contributed by atoms with van der Waals surface area (Å²) < 4.78 is 1.85. The van der Waals surface area contributed by atoms with Crippen molar-refractivity contribution >= 4 is 11.8 Å². The van der Waals surface area contributed by atoms with Crippen LogP contribution in [0.5, 0.6) is 0 Å². The Morgan fingerprint density at radius 3 is 2.80 bits per heavy atom. The summed E-state index contributed by atoms with van der Waals surface area (Å²) in [6.07, 6.45) is 5.50. The molecule has 132 valence electrons. The Morgan fingerprint density at radius 2 is 2.08 bits per heavy atom. The van der Waals surface area contributed by atoms with E-state index in [4.69, 9.17) is 0 Å². The van der Waals surface area contributed by atoms with Crippen LogP contribution in [0.3, 0.4) is 0 Å². The third-order valence-corrected chi connectivity index (χ3v) is 4.76. The summed E-state index contributed by atoms with van der Waals surface area (Å²) in [4.78, 5) is 26.6. The lowest BCUT2D eigenvalue weighted by atomic mass is 9.84. The van der Waals surface area contributed by atoms with Crippen LogP contribution in [0, 0.1) is 5.92 Å². The maximum Gasteiger partial charge on any atom is 0.225 e. The van der Waals surface area contributed by atoms with Crippen molar-refractivity contribution in [1.82, 2.24) is 20.0 Å². The van der Waals surface area contributed by atoms with Crippen molar-refractivity contribution in [2.75, 3.05) is 13.6 Å². The zero-order valence-electron chi connectivity index (χ0n) is 14.5. The molecule has 0 unspecified atom stereocenters. The third kappa shape index (κ3) is 4.07. The molecule has 6 nitrogen and oxygen atoms in total. The number of rotatable bonds is 6. The fraction of sp³-hybridized carbons (Fsp3) is 0.421. The lowest BCUT2D eigenvalue weighted by Crippen LogP contribution is -2.46. The first-order valence-electron chi connectivity index (χ1n) is 8.72.